The SMILES string of the molecule is CC(C)NC(c1nc2c(s1)CCC2)C1CCC(C)O1. The summed E-state index contributed by atoms with van der Waals surface area (Å²) >= 11 is 1.91. The summed E-state index contributed by atoms with van der Waals surface area (Å²) in [5.41, 5.74) is 1.35. The molecule has 19 heavy (non-hydrogen) atoms. The summed E-state index contributed by atoms with van der Waals surface area (Å²) in [5, 5.41) is 4.92. The molecule has 1 aliphatic carbocycles. The molecule has 0 bridgehead atoms. The molecule has 0 spiro atoms. The maximum atomic E-state index is 6.08. The average Bonchev–Trinajstić information content (AvgIpc) is 2.99. The Kier molecular flexibility index (Phi) is 3.92. The molecule has 1 aromatic heterocycles. The van der Waals surface area contributed by atoms with Crippen molar-refractivity contribution in [2.24, 2.45) is 0 Å². The van der Waals surface area contributed by atoms with Crippen LogP contribution in [0.3, 0.4) is 0 Å². The van der Waals surface area contributed by atoms with Crippen LogP contribution in [0.4, 0.5) is 0 Å². The van der Waals surface area contributed by atoms with Crippen molar-refractivity contribution in [1.29, 1.82) is 0 Å². The maximum absolute atomic E-state index is 6.08. The number of nitrogens with one attached hydrogen (secondary N) is 1. The van der Waals surface area contributed by atoms with E-state index in [0.29, 0.717) is 18.2 Å². The van der Waals surface area contributed by atoms with Gasteiger partial charge >= 0.3 is 0 Å². The summed E-state index contributed by atoms with van der Waals surface area (Å²) in [6.45, 7) is 6.58. The minimum Gasteiger partial charge on any atom is -0.373 e. The highest BCUT2D eigenvalue weighted by Crippen LogP contribution is 2.36. The molecule has 3 atom stereocenters. The van der Waals surface area contributed by atoms with Gasteiger partial charge in [-0.2, -0.15) is 0 Å². The fourth-order valence-electron chi connectivity index (χ4n) is 3.12. The number of rotatable bonds is 4. The smallest absolute Gasteiger partial charge is 0.113 e. The van der Waals surface area contributed by atoms with Crippen molar-refractivity contribution in [3.63, 3.8) is 0 Å². The van der Waals surface area contributed by atoms with Crippen molar-refractivity contribution in [1.82, 2.24) is 10.3 Å². The number of nitrogens with zero attached hydrogens (tertiary/aromatic N) is 1. The van der Waals surface area contributed by atoms with E-state index in [1.165, 1.54) is 41.3 Å². The Bertz CT molecular complexity index is 422. The largest absolute Gasteiger partial charge is 0.373 e. The van der Waals surface area contributed by atoms with Gasteiger partial charge in [0.15, 0.2) is 0 Å². The zero-order valence-corrected chi connectivity index (χ0v) is 12.9. The van der Waals surface area contributed by atoms with Crippen molar-refractivity contribution >= 4 is 11.3 Å². The molecule has 106 valence electrons. The van der Waals surface area contributed by atoms with Gasteiger partial charge in [-0.15, -0.1) is 11.3 Å². The van der Waals surface area contributed by atoms with E-state index < -0.39 is 0 Å². The Labute approximate surface area is 119 Å². The lowest BCUT2D eigenvalue weighted by Crippen LogP contribution is -2.36. The molecule has 2 aliphatic rings. The lowest BCUT2D eigenvalue weighted by atomic mass is 10.1. The first-order valence-electron chi connectivity index (χ1n) is 7.53. The predicted octanol–water partition coefficient (Wildman–Crippen LogP) is 3.24. The van der Waals surface area contributed by atoms with Gasteiger partial charge in [0, 0.05) is 10.9 Å². The van der Waals surface area contributed by atoms with E-state index in [1.54, 1.807) is 0 Å². The van der Waals surface area contributed by atoms with Crippen LogP contribution in [-0.4, -0.2) is 23.2 Å². The van der Waals surface area contributed by atoms with E-state index in [0.717, 1.165) is 6.42 Å². The highest BCUT2D eigenvalue weighted by atomic mass is 32.1. The van der Waals surface area contributed by atoms with Crippen LogP contribution in [0.2, 0.25) is 0 Å². The van der Waals surface area contributed by atoms with E-state index in [1.807, 2.05) is 11.3 Å². The molecular formula is C15H24N2OS. The molecule has 1 aliphatic heterocycles. The van der Waals surface area contributed by atoms with Gasteiger partial charge < -0.3 is 10.1 Å². The quantitative estimate of drug-likeness (QED) is 0.919. The number of hydrogen-bond donors (Lipinski definition) is 1. The highest BCUT2D eigenvalue weighted by Gasteiger charge is 2.33. The van der Waals surface area contributed by atoms with E-state index >= 15 is 0 Å². The summed E-state index contributed by atoms with van der Waals surface area (Å²) in [5.74, 6) is 0. The number of fused-ring (bicyclic) bond motifs is 1. The molecule has 1 saturated heterocycles. The molecule has 0 amide bonds. The average molecular weight is 280 g/mol. The fourth-order valence-corrected chi connectivity index (χ4v) is 4.39. The van der Waals surface area contributed by atoms with Crippen molar-refractivity contribution in [2.75, 3.05) is 0 Å². The summed E-state index contributed by atoms with van der Waals surface area (Å²) in [6.07, 6.45) is 6.69. The van der Waals surface area contributed by atoms with Crippen LogP contribution < -0.4 is 5.32 Å². The third-order valence-electron chi connectivity index (χ3n) is 4.03. The Morgan fingerprint density at radius 2 is 2.16 bits per heavy atom. The molecule has 3 rings (SSSR count). The second kappa shape index (κ2) is 5.51. The van der Waals surface area contributed by atoms with Gasteiger partial charge in [0.05, 0.1) is 23.9 Å². The highest BCUT2D eigenvalue weighted by molar-refractivity contribution is 7.11. The molecule has 1 N–H and O–H groups in total. The molecule has 1 fully saturated rings. The van der Waals surface area contributed by atoms with Gasteiger partial charge in [0.2, 0.25) is 0 Å². The Morgan fingerprint density at radius 3 is 2.79 bits per heavy atom. The minimum atomic E-state index is 0.278. The van der Waals surface area contributed by atoms with Crippen LogP contribution in [0.25, 0.3) is 0 Å². The van der Waals surface area contributed by atoms with Gasteiger partial charge in [0.25, 0.3) is 0 Å². The number of thiazole rings is 1. The van der Waals surface area contributed by atoms with Crippen LogP contribution in [0, 0.1) is 0 Å². The second-order valence-electron chi connectivity index (χ2n) is 6.14. The molecule has 4 heteroatoms. The molecule has 0 radical (unpaired) electrons. The van der Waals surface area contributed by atoms with E-state index in [-0.39, 0.29) is 6.04 Å². The minimum absolute atomic E-state index is 0.278. The molecular weight excluding hydrogens is 256 g/mol. The van der Waals surface area contributed by atoms with Gasteiger partial charge in [-0.1, -0.05) is 13.8 Å². The van der Waals surface area contributed by atoms with E-state index in [9.17, 15) is 0 Å². The Morgan fingerprint density at radius 1 is 1.32 bits per heavy atom. The number of hydrogen-bond acceptors (Lipinski definition) is 4. The third kappa shape index (κ3) is 2.86. The van der Waals surface area contributed by atoms with Crippen LogP contribution >= 0.6 is 11.3 Å². The van der Waals surface area contributed by atoms with Crippen LogP contribution in [-0.2, 0) is 17.6 Å². The molecule has 3 nitrogen and oxygen atoms in total. The molecule has 0 saturated carbocycles. The van der Waals surface area contributed by atoms with Crippen molar-refractivity contribution in [2.45, 2.75) is 77.2 Å². The standard InChI is InChI=1S/C15H24N2OS/c1-9(2)16-14(12-8-7-10(3)18-12)15-17-11-5-4-6-13(11)19-15/h9-10,12,14,16H,4-8H2,1-3H3. The zero-order valence-electron chi connectivity index (χ0n) is 12.1. The number of ether oxygens (including phenoxy) is 1. The van der Waals surface area contributed by atoms with Crippen LogP contribution in [0.1, 0.15) is 61.7 Å². The van der Waals surface area contributed by atoms with Crippen molar-refractivity contribution in [3.8, 4) is 0 Å². The fraction of sp³-hybridized carbons (Fsp3) is 0.800. The van der Waals surface area contributed by atoms with Crippen molar-refractivity contribution in [3.05, 3.63) is 15.6 Å². The zero-order chi connectivity index (χ0) is 13.4. The van der Waals surface area contributed by atoms with Gasteiger partial charge in [-0.25, -0.2) is 4.98 Å². The van der Waals surface area contributed by atoms with Crippen LogP contribution in [0.15, 0.2) is 0 Å². The Balaban J connectivity index is 1.81. The predicted molar refractivity (Wildman–Crippen MR) is 78.7 cm³/mol. The lowest BCUT2D eigenvalue weighted by molar-refractivity contribution is 0.0295. The molecule has 2 heterocycles. The topological polar surface area (TPSA) is 34.2 Å². The molecule has 0 aromatic carbocycles. The Hall–Kier alpha value is -0.450. The normalized spacial score (nSPS) is 28.0. The first-order valence-corrected chi connectivity index (χ1v) is 8.35. The number of aryl methyl sites for hydroxylation is 2. The monoisotopic (exact) mass is 280 g/mol. The summed E-state index contributed by atoms with van der Waals surface area (Å²) in [4.78, 5) is 6.40. The van der Waals surface area contributed by atoms with E-state index in [4.69, 9.17) is 9.72 Å². The lowest BCUT2D eigenvalue weighted by Gasteiger charge is -2.25. The summed E-state index contributed by atoms with van der Waals surface area (Å²) in [7, 11) is 0. The van der Waals surface area contributed by atoms with Crippen molar-refractivity contribution < 1.29 is 4.74 Å². The molecule has 3 unspecified atom stereocenters. The second-order valence-corrected chi connectivity index (χ2v) is 7.25. The first kappa shape index (κ1) is 13.5. The number of aromatic nitrogens is 1. The van der Waals surface area contributed by atoms with Crippen LogP contribution in [0.5, 0.6) is 0 Å². The van der Waals surface area contributed by atoms with E-state index in [2.05, 4.69) is 26.1 Å². The van der Waals surface area contributed by atoms with Gasteiger partial charge in [-0.3, -0.25) is 0 Å². The van der Waals surface area contributed by atoms with Gasteiger partial charge in [0.1, 0.15) is 5.01 Å². The molecule has 1 aromatic rings. The summed E-state index contributed by atoms with van der Waals surface area (Å²) < 4.78 is 6.08. The van der Waals surface area contributed by atoms with Gasteiger partial charge in [-0.05, 0) is 39.0 Å². The summed E-state index contributed by atoms with van der Waals surface area (Å²) in [6, 6.07) is 0.740. The third-order valence-corrected chi connectivity index (χ3v) is 5.27. The maximum Gasteiger partial charge on any atom is 0.113 e. The first-order chi connectivity index (χ1) is 9.13.